The fourth-order valence-corrected chi connectivity index (χ4v) is 9.32. The first-order valence-electron chi connectivity index (χ1n) is 18.6. The van der Waals surface area contributed by atoms with Gasteiger partial charge in [-0.1, -0.05) is 116 Å². The van der Waals surface area contributed by atoms with Gasteiger partial charge >= 0.3 is 0 Å². The third-order valence-electron chi connectivity index (χ3n) is 11.2. The molecule has 4 heteroatoms. The van der Waals surface area contributed by atoms with Gasteiger partial charge in [-0.05, 0) is 102 Å². The molecule has 10 rings (SSSR count). The van der Waals surface area contributed by atoms with E-state index in [4.69, 9.17) is 0 Å². The van der Waals surface area contributed by atoms with Gasteiger partial charge in [0, 0.05) is 55.4 Å². The lowest BCUT2D eigenvalue weighted by Gasteiger charge is -2.39. The van der Waals surface area contributed by atoms with Gasteiger partial charge in [-0.25, -0.2) is 0 Å². The van der Waals surface area contributed by atoms with Crippen LogP contribution in [0.25, 0.3) is 31.3 Å². The van der Waals surface area contributed by atoms with E-state index in [9.17, 15) is 0 Å². The minimum atomic E-state index is -0.0300. The van der Waals surface area contributed by atoms with Gasteiger partial charge in [0.15, 0.2) is 0 Å². The molecule has 1 aliphatic heterocycles. The molecule has 54 heavy (non-hydrogen) atoms. The Balaban J connectivity index is 1.01. The Hall–Kier alpha value is -6.36. The maximum absolute atomic E-state index is 2.43. The number of hydrogen-bond donors (Lipinski definition) is 0. The summed E-state index contributed by atoms with van der Waals surface area (Å²) in [5.41, 5.74) is 13.0. The van der Waals surface area contributed by atoms with Crippen molar-refractivity contribution in [1.29, 1.82) is 0 Å². The Bertz CT molecular complexity index is 2730. The van der Waals surface area contributed by atoms with Gasteiger partial charge in [-0.15, -0.1) is 11.3 Å². The Morgan fingerprint density at radius 2 is 1.20 bits per heavy atom. The Labute approximate surface area is 321 Å². The fourth-order valence-electron chi connectivity index (χ4n) is 8.24. The number of thiophene rings is 1. The maximum Gasteiger partial charge on any atom is 0.0700 e. The Morgan fingerprint density at radius 1 is 0.556 bits per heavy atom. The van der Waals surface area contributed by atoms with Gasteiger partial charge in [0.05, 0.1) is 22.7 Å². The molecule has 1 aliphatic carbocycles. The van der Waals surface area contributed by atoms with E-state index in [1.807, 2.05) is 11.3 Å². The van der Waals surface area contributed by atoms with E-state index >= 15 is 0 Å². The van der Waals surface area contributed by atoms with Crippen LogP contribution >= 0.6 is 11.3 Å². The second kappa shape index (κ2) is 12.9. The summed E-state index contributed by atoms with van der Waals surface area (Å²) < 4.78 is 2.64. The summed E-state index contributed by atoms with van der Waals surface area (Å²) in [5.74, 6) is 0. The largest absolute Gasteiger partial charge is 0.341 e. The molecule has 0 spiro atoms. The van der Waals surface area contributed by atoms with Gasteiger partial charge in [0.2, 0.25) is 0 Å². The highest BCUT2D eigenvalue weighted by molar-refractivity contribution is 7.25. The Morgan fingerprint density at radius 3 is 1.98 bits per heavy atom. The van der Waals surface area contributed by atoms with Gasteiger partial charge in [0.25, 0.3) is 0 Å². The monoisotopic (exact) mass is 713 g/mol. The molecule has 0 bridgehead atoms. The van der Waals surface area contributed by atoms with E-state index in [0.717, 1.165) is 17.8 Å². The number of rotatable bonds is 6. The highest BCUT2D eigenvalue weighted by Crippen LogP contribution is 2.52. The van der Waals surface area contributed by atoms with Crippen LogP contribution in [0, 0.1) is 0 Å². The van der Waals surface area contributed by atoms with E-state index < -0.39 is 0 Å². The van der Waals surface area contributed by atoms with Crippen LogP contribution in [-0.2, 0) is 5.41 Å². The third-order valence-corrected chi connectivity index (χ3v) is 12.4. The number of fused-ring (bicyclic) bond motifs is 5. The van der Waals surface area contributed by atoms with Crippen molar-refractivity contribution in [3.63, 3.8) is 0 Å². The standard InChI is InChI=1S/C50H39N3S/c1-50(37-13-5-3-6-14-37)31-29-40(30-32-50)52(38-15-7-4-8-16-38)39-24-21-35(22-25-39)36-23-27-46-47(33-36)51(2)44-18-10-11-19-45(44)53(46)41-26-28-49-43(34-41)42-17-9-12-20-48(42)54-49/h3-31,33-34H,32H2,1-2H3. The summed E-state index contributed by atoms with van der Waals surface area (Å²) in [6.07, 6.45) is 7.98. The molecule has 7 aromatic carbocycles. The average molecular weight is 714 g/mol. The van der Waals surface area contributed by atoms with Crippen molar-refractivity contribution in [2.24, 2.45) is 0 Å². The number of hydrogen-bond acceptors (Lipinski definition) is 4. The van der Waals surface area contributed by atoms with Gasteiger partial charge in [0.1, 0.15) is 0 Å². The van der Waals surface area contributed by atoms with Crippen LogP contribution < -0.4 is 14.7 Å². The molecule has 0 fully saturated rings. The highest BCUT2D eigenvalue weighted by atomic mass is 32.1. The summed E-state index contributed by atoms with van der Waals surface area (Å²) in [4.78, 5) is 7.13. The van der Waals surface area contributed by atoms with Crippen molar-refractivity contribution in [3.8, 4) is 11.1 Å². The molecule has 0 amide bonds. The van der Waals surface area contributed by atoms with Crippen LogP contribution in [0.5, 0.6) is 0 Å². The predicted molar refractivity (Wildman–Crippen MR) is 232 cm³/mol. The van der Waals surface area contributed by atoms with Crippen molar-refractivity contribution < 1.29 is 0 Å². The van der Waals surface area contributed by atoms with E-state index in [2.05, 4.69) is 217 Å². The minimum absolute atomic E-state index is 0.0300. The second-order valence-corrected chi connectivity index (χ2v) is 15.6. The number of nitrogens with zero attached hydrogens (tertiary/aromatic N) is 3. The average Bonchev–Trinajstić information content (AvgIpc) is 3.61. The molecule has 8 aromatic rings. The molecule has 1 atom stereocenters. The van der Waals surface area contributed by atoms with Crippen molar-refractivity contribution in [2.45, 2.75) is 18.8 Å². The van der Waals surface area contributed by atoms with E-state index in [1.54, 1.807) is 0 Å². The van der Waals surface area contributed by atoms with Crippen molar-refractivity contribution in [3.05, 3.63) is 199 Å². The van der Waals surface area contributed by atoms with Crippen LogP contribution in [0.1, 0.15) is 18.9 Å². The molecule has 0 radical (unpaired) electrons. The molecule has 0 saturated heterocycles. The zero-order valence-corrected chi connectivity index (χ0v) is 31.2. The molecule has 0 saturated carbocycles. The molecule has 3 nitrogen and oxygen atoms in total. The predicted octanol–water partition coefficient (Wildman–Crippen LogP) is 14.2. The molecule has 2 heterocycles. The lowest BCUT2D eigenvalue weighted by Crippen LogP contribution is -2.24. The third kappa shape index (κ3) is 5.41. The molecular weight excluding hydrogens is 675 g/mol. The van der Waals surface area contributed by atoms with Crippen LogP contribution in [0.2, 0.25) is 0 Å². The van der Waals surface area contributed by atoms with Crippen molar-refractivity contribution >= 4 is 71.3 Å². The maximum atomic E-state index is 2.43. The summed E-state index contributed by atoms with van der Waals surface area (Å²) in [7, 11) is 2.18. The fraction of sp³-hybridized carbons (Fsp3) is 0.0800. The van der Waals surface area contributed by atoms with Crippen LogP contribution in [-0.4, -0.2) is 7.05 Å². The van der Waals surface area contributed by atoms with Gasteiger partial charge in [-0.3, -0.25) is 0 Å². The van der Waals surface area contributed by atoms with Crippen LogP contribution in [0.3, 0.4) is 0 Å². The van der Waals surface area contributed by atoms with Crippen molar-refractivity contribution in [1.82, 2.24) is 0 Å². The van der Waals surface area contributed by atoms with Gasteiger partial charge < -0.3 is 14.7 Å². The molecule has 1 unspecified atom stereocenters. The normalized spacial score (nSPS) is 16.3. The van der Waals surface area contributed by atoms with Gasteiger partial charge in [-0.2, -0.15) is 0 Å². The summed E-state index contributed by atoms with van der Waals surface area (Å²) >= 11 is 1.86. The smallest absolute Gasteiger partial charge is 0.0700 e. The lowest BCUT2D eigenvalue weighted by molar-refractivity contribution is 0.595. The molecule has 260 valence electrons. The zero-order valence-electron chi connectivity index (χ0n) is 30.4. The topological polar surface area (TPSA) is 9.72 Å². The first-order chi connectivity index (χ1) is 26.5. The summed E-state index contributed by atoms with van der Waals surface area (Å²) in [5, 5.41) is 2.62. The molecular formula is C50H39N3S. The zero-order chi connectivity index (χ0) is 36.2. The number of benzene rings is 7. The molecule has 1 aromatic heterocycles. The first kappa shape index (κ1) is 32.3. The van der Waals surface area contributed by atoms with Crippen molar-refractivity contribution in [2.75, 3.05) is 21.7 Å². The SMILES string of the molecule is CN1c2ccccc2N(c2ccc3sc4ccccc4c3c2)c2ccc(-c3ccc(N(C4=CCC(C)(c5ccccc5)C=C4)c4ccccc4)cc3)cc21. The van der Waals surface area contributed by atoms with E-state index in [-0.39, 0.29) is 5.41 Å². The van der Waals surface area contributed by atoms with Crippen LogP contribution in [0.4, 0.5) is 39.8 Å². The number of para-hydroxylation sites is 3. The quantitative estimate of drug-likeness (QED) is 0.170. The molecule has 0 N–H and O–H groups in total. The lowest BCUT2D eigenvalue weighted by atomic mass is 9.77. The number of allylic oxidation sites excluding steroid dienone is 3. The first-order valence-corrected chi connectivity index (χ1v) is 19.4. The van der Waals surface area contributed by atoms with E-state index in [0.29, 0.717) is 0 Å². The summed E-state index contributed by atoms with van der Waals surface area (Å²) in [6.45, 7) is 2.33. The Kier molecular flexibility index (Phi) is 7.74. The molecule has 2 aliphatic rings. The second-order valence-electron chi connectivity index (χ2n) is 14.5. The van der Waals surface area contributed by atoms with Crippen LogP contribution in [0.15, 0.2) is 194 Å². The number of anilines is 7. The minimum Gasteiger partial charge on any atom is -0.341 e. The van der Waals surface area contributed by atoms with E-state index in [1.165, 1.54) is 71.0 Å². The highest BCUT2D eigenvalue weighted by Gasteiger charge is 2.29. The summed E-state index contributed by atoms with van der Waals surface area (Å²) in [6, 6.07) is 61.8.